The summed E-state index contributed by atoms with van der Waals surface area (Å²) < 4.78 is 3.12. The highest BCUT2D eigenvalue weighted by Gasteiger charge is 2.36. The number of piperidine rings is 1. The van der Waals surface area contributed by atoms with Crippen molar-refractivity contribution in [3.05, 3.63) is 68.9 Å². The van der Waals surface area contributed by atoms with E-state index in [1.54, 1.807) is 30.3 Å². The molecule has 8 heteroatoms. The monoisotopic (exact) mass is 391 g/mol. The Morgan fingerprint density at radius 2 is 1.90 bits per heavy atom. The average molecular weight is 391 g/mol. The Bertz CT molecular complexity index is 1210. The van der Waals surface area contributed by atoms with E-state index in [2.05, 4.69) is 10.3 Å². The molecule has 1 saturated heterocycles. The highest BCUT2D eigenvalue weighted by Crippen LogP contribution is 2.35. The minimum Gasteiger partial charge on any atom is -0.342 e. The van der Waals surface area contributed by atoms with Crippen molar-refractivity contribution in [1.29, 1.82) is 0 Å². The second kappa shape index (κ2) is 6.95. The van der Waals surface area contributed by atoms with Crippen LogP contribution >= 0.6 is 0 Å². The molecule has 0 radical (unpaired) electrons. The summed E-state index contributed by atoms with van der Waals surface area (Å²) in [5.74, 6) is 0.477. The van der Waals surface area contributed by atoms with Crippen LogP contribution in [0, 0.1) is 5.92 Å². The van der Waals surface area contributed by atoms with E-state index in [4.69, 9.17) is 0 Å². The van der Waals surface area contributed by atoms with E-state index in [9.17, 15) is 14.4 Å². The zero-order valence-corrected chi connectivity index (χ0v) is 15.9. The molecule has 0 saturated carbocycles. The van der Waals surface area contributed by atoms with Gasteiger partial charge in [-0.15, -0.1) is 5.10 Å². The Morgan fingerprint density at radius 3 is 2.79 bits per heavy atom. The number of carbonyl (C=O) groups excluding carboxylic acids is 1. The molecular weight excluding hydrogens is 370 g/mol. The number of hydrogen-bond acceptors (Lipinski definition) is 5. The van der Waals surface area contributed by atoms with E-state index in [1.165, 1.54) is 4.68 Å². The number of aromatic nitrogens is 4. The van der Waals surface area contributed by atoms with Crippen LogP contribution in [0.15, 0.2) is 52.1 Å². The molecule has 2 aliphatic rings. The summed E-state index contributed by atoms with van der Waals surface area (Å²) in [6.45, 7) is 2.12. The lowest BCUT2D eigenvalue weighted by Gasteiger charge is -2.42. The van der Waals surface area contributed by atoms with Crippen LogP contribution in [0.1, 0.15) is 24.5 Å². The van der Waals surface area contributed by atoms with E-state index in [-0.39, 0.29) is 41.8 Å². The summed E-state index contributed by atoms with van der Waals surface area (Å²) in [7, 11) is 0. The van der Waals surface area contributed by atoms with Crippen LogP contribution in [0.25, 0.3) is 10.9 Å². The molecule has 1 amide bonds. The number of nitrogens with zero attached hydrogens (tertiary/aromatic N) is 5. The van der Waals surface area contributed by atoms with Gasteiger partial charge < -0.3 is 9.47 Å². The number of fused-ring (bicyclic) bond motifs is 5. The van der Waals surface area contributed by atoms with Gasteiger partial charge in [0.15, 0.2) is 0 Å². The van der Waals surface area contributed by atoms with Gasteiger partial charge in [-0.3, -0.25) is 14.4 Å². The van der Waals surface area contributed by atoms with Crippen LogP contribution in [0.2, 0.25) is 0 Å². The number of benzene rings is 1. The molecule has 2 aromatic heterocycles. The fraction of sp³-hybridized carbons (Fsp3) is 0.381. The van der Waals surface area contributed by atoms with Crippen molar-refractivity contribution in [3.63, 3.8) is 0 Å². The van der Waals surface area contributed by atoms with Crippen molar-refractivity contribution in [1.82, 2.24) is 24.5 Å². The fourth-order valence-corrected chi connectivity index (χ4v) is 4.63. The zero-order valence-electron chi connectivity index (χ0n) is 15.9. The Balaban J connectivity index is 1.31. The standard InChI is InChI=1S/C21H21N5O3/c27-19(8-9-26-21(29)16-4-1-2-5-17(16)22-23-26)24-11-14-10-15(13-24)18-6-3-7-20(28)25(18)12-14/h1-7,14-15H,8-13H2. The van der Waals surface area contributed by atoms with Crippen molar-refractivity contribution >= 4 is 16.8 Å². The van der Waals surface area contributed by atoms with E-state index in [0.717, 1.165) is 12.1 Å². The lowest BCUT2D eigenvalue weighted by molar-refractivity contribution is -0.134. The number of rotatable bonds is 3. The number of likely N-dealkylation sites (tertiary alicyclic amines) is 1. The normalized spacial score (nSPS) is 20.5. The number of aryl methyl sites for hydroxylation is 1. The van der Waals surface area contributed by atoms with Gasteiger partial charge >= 0.3 is 0 Å². The maximum absolute atomic E-state index is 12.9. The number of carbonyl (C=O) groups is 1. The van der Waals surface area contributed by atoms with Crippen LogP contribution < -0.4 is 11.1 Å². The van der Waals surface area contributed by atoms with Gasteiger partial charge in [-0.05, 0) is 30.5 Å². The van der Waals surface area contributed by atoms with Crippen LogP contribution in [0.5, 0.6) is 0 Å². The predicted molar refractivity (Wildman–Crippen MR) is 107 cm³/mol. The van der Waals surface area contributed by atoms with Gasteiger partial charge in [0.2, 0.25) is 5.91 Å². The first kappa shape index (κ1) is 17.8. The van der Waals surface area contributed by atoms with Crippen molar-refractivity contribution < 1.29 is 4.79 Å². The van der Waals surface area contributed by atoms with Crippen LogP contribution in [0.3, 0.4) is 0 Å². The molecule has 2 atom stereocenters. The zero-order chi connectivity index (χ0) is 20.0. The lowest BCUT2D eigenvalue weighted by Crippen LogP contribution is -2.49. The number of hydrogen-bond donors (Lipinski definition) is 0. The molecule has 2 aliphatic heterocycles. The molecule has 0 aliphatic carbocycles. The van der Waals surface area contributed by atoms with Gasteiger partial charge in [-0.2, -0.15) is 0 Å². The SMILES string of the molecule is O=C(CCn1nnc2ccccc2c1=O)N1CC2CC(C1)c1cccc(=O)n1C2. The van der Waals surface area contributed by atoms with Gasteiger partial charge in [0.05, 0.1) is 11.9 Å². The van der Waals surface area contributed by atoms with Crippen molar-refractivity contribution in [3.8, 4) is 0 Å². The molecule has 0 N–H and O–H groups in total. The first-order valence-electron chi connectivity index (χ1n) is 9.90. The lowest BCUT2D eigenvalue weighted by atomic mass is 9.83. The topological polar surface area (TPSA) is 90.1 Å². The Hall–Kier alpha value is -3.29. The summed E-state index contributed by atoms with van der Waals surface area (Å²) in [6, 6.07) is 12.4. The number of pyridine rings is 1. The Labute approximate surface area is 166 Å². The van der Waals surface area contributed by atoms with Gasteiger partial charge in [0, 0.05) is 43.7 Å². The summed E-state index contributed by atoms with van der Waals surface area (Å²) in [4.78, 5) is 39.4. The minimum atomic E-state index is -0.229. The van der Waals surface area contributed by atoms with Gasteiger partial charge in [-0.1, -0.05) is 23.4 Å². The second-order valence-electron chi connectivity index (χ2n) is 7.88. The van der Waals surface area contributed by atoms with Crippen molar-refractivity contribution in [2.75, 3.05) is 13.1 Å². The van der Waals surface area contributed by atoms with Crippen LogP contribution in [0.4, 0.5) is 0 Å². The molecule has 1 fully saturated rings. The van der Waals surface area contributed by atoms with Gasteiger partial charge in [0.1, 0.15) is 5.52 Å². The van der Waals surface area contributed by atoms with Crippen molar-refractivity contribution in [2.24, 2.45) is 5.92 Å². The molecule has 4 heterocycles. The third kappa shape index (κ3) is 3.14. The number of amides is 1. The van der Waals surface area contributed by atoms with E-state index in [0.29, 0.717) is 30.5 Å². The summed E-state index contributed by atoms with van der Waals surface area (Å²) in [5, 5.41) is 8.54. The molecule has 2 bridgehead atoms. The fourth-order valence-electron chi connectivity index (χ4n) is 4.63. The third-order valence-electron chi connectivity index (χ3n) is 6.00. The van der Waals surface area contributed by atoms with E-state index in [1.807, 2.05) is 21.6 Å². The van der Waals surface area contributed by atoms with Gasteiger partial charge in [-0.25, -0.2) is 4.68 Å². The highest BCUT2D eigenvalue weighted by molar-refractivity contribution is 5.77. The Morgan fingerprint density at radius 1 is 1.03 bits per heavy atom. The highest BCUT2D eigenvalue weighted by atomic mass is 16.2. The smallest absolute Gasteiger partial charge is 0.277 e. The van der Waals surface area contributed by atoms with Crippen molar-refractivity contribution in [2.45, 2.75) is 31.8 Å². The molecular formula is C21H21N5O3. The van der Waals surface area contributed by atoms with Crippen LogP contribution in [-0.4, -0.2) is 43.5 Å². The molecule has 2 unspecified atom stereocenters. The molecule has 8 nitrogen and oxygen atoms in total. The molecule has 0 spiro atoms. The van der Waals surface area contributed by atoms with E-state index >= 15 is 0 Å². The largest absolute Gasteiger partial charge is 0.342 e. The maximum Gasteiger partial charge on any atom is 0.277 e. The molecule has 29 heavy (non-hydrogen) atoms. The molecule has 3 aromatic rings. The van der Waals surface area contributed by atoms with Crippen LogP contribution in [-0.2, 0) is 17.9 Å². The van der Waals surface area contributed by atoms with Gasteiger partial charge in [0.25, 0.3) is 11.1 Å². The summed E-state index contributed by atoms with van der Waals surface area (Å²) in [5.41, 5.74) is 1.37. The molecule has 5 rings (SSSR count). The second-order valence-corrected chi connectivity index (χ2v) is 7.88. The quantitative estimate of drug-likeness (QED) is 0.664. The minimum absolute atomic E-state index is 0.00767. The third-order valence-corrected chi connectivity index (χ3v) is 6.00. The first-order chi connectivity index (χ1) is 14.1. The maximum atomic E-state index is 12.9. The average Bonchev–Trinajstić information content (AvgIpc) is 2.74. The first-order valence-corrected chi connectivity index (χ1v) is 9.90. The molecule has 1 aromatic carbocycles. The molecule has 148 valence electrons. The van der Waals surface area contributed by atoms with E-state index < -0.39 is 0 Å². The summed E-state index contributed by atoms with van der Waals surface area (Å²) in [6.07, 6.45) is 1.21. The predicted octanol–water partition coefficient (Wildman–Crippen LogP) is 0.989. The Kier molecular flexibility index (Phi) is 4.26. The summed E-state index contributed by atoms with van der Waals surface area (Å²) >= 11 is 0.